The summed E-state index contributed by atoms with van der Waals surface area (Å²) in [5.41, 5.74) is 12.5. The molecule has 0 fully saturated rings. The van der Waals surface area contributed by atoms with Gasteiger partial charge in [0.2, 0.25) is 5.95 Å². The van der Waals surface area contributed by atoms with E-state index in [4.69, 9.17) is 16.7 Å². The maximum absolute atomic E-state index is 13.8. The lowest BCUT2D eigenvalue weighted by Gasteiger charge is -2.06. The molecule has 0 bridgehead atoms. The van der Waals surface area contributed by atoms with Gasteiger partial charge in [0.25, 0.3) is 0 Å². The van der Waals surface area contributed by atoms with E-state index in [0.29, 0.717) is 18.4 Å². The van der Waals surface area contributed by atoms with Gasteiger partial charge >= 0.3 is 0 Å². The third-order valence-electron chi connectivity index (χ3n) is 2.65. The molecule has 2 rings (SSSR count). The molecule has 1 aromatic heterocycles. The number of aryl methyl sites for hydroxylation is 1. The highest BCUT2D eigenvalue weighted by Crippen LogP contribution is 2.24. The van der Waals surface area contributed by atoms with Crippen molar-refractivity contribution in [1.82, 2.24) is 9.97 Å². The van der Waals surface area contributed by atoms with E-state index in [1.54, 1.807) is 12.1 Å². The molecule has 19 heavy (non-hydrogen) atoms. The molecule has 0 amide bonds. The number of nitrogens with zero attached hydrogens (tertiary/aromatic N) is 3. The van der Waals surface area contributed by atoms with Gasteiger partial charge in [-0.1, -0.05) is 24.3 Å². The first-order chi connectivity index (χ1) is 9.11. The van der Waals surface area contributed by atoms with Crippen LogP contribution in [0.2, 0.25) is 0 Å². The Bertz CT molecular complexity index is 631. The van der Waals surface area contributed by atoms with Gasteiger partial charge in [-0.2, -0.15) is 10.2 Å². The van der Waals surface area contributed by atoms with E-state index in [1.807, 2.05) is 12.1 Å². The van der Waals surface area contributed by atoms with Gasteiger partial charge in [0.1, 0.15) is 5.69 Å². The molecule has 6 heteroatoms. The smallest absolute Gasteiger partial charge is 0.222 e. The number of anilines is 2. The molecule has 2 aromatic rings. The van der Waals surface area contributed by atoms with Crippen LogP contribution < -0.4 is 11.5 Å². The predicted molar refractivity (Wildman–Crippen MR) is 70.2 cm³/mol. The highest BCUT2D eigenvalue weighted by atomic mass is 19.1. The summed E-state index contributed by atoms with van der Waals surface area (Å²) in [6.45, 7) is 0. The molecule has 0 saturated heterocycles. The molecule has 0 spiro atoms. The quantitative estimate of drug-likeness (QED) is 0.874. The highest BCUT2D eigenvalue weighted by molar-refractivity contribution is 5.64. The van der Waals surface area contributed by atoms with E-state index in [2.05, 4.69) is 16.0 Å². The van der Waals surface area contributed by atoms with Crippen molar-refractivity contribution in [2.24, 2.45) is 0 Å². The molecular weight excluding hydrogens is 245 g/mol. The fourth-order valence-electron chi connectivity index (χ4n) is 1.70. The SMILES string of the molecule is N#CCCc1ccc(-c2nc(N)nc(N)c2F)cc1. The molecule has 0 atom stereocenters. The van der Waals surface area contributed by atoms with Gasteiger partial charge in [-0.15, -0.1) is 0 Å². The van der Waals surface area contributed by atoms with E-state index in [9.17, 15) is 4.39 Å². The van der Waals surface area contributed by atoms with E-state index in [-0.39, 0.29) is 17.5 Å². The van der Waals surface area contributed by atoms with Gasteiger partial charge in [-0.25, -0.2) is 9.37 Å². The zero-order valence-corrected chi connectivity index (χ0v) is 10.1. The molecule has 4 N–H and O–H groups in total. The standard InChI is InChI=1S/C13H12FN5/c14-10-11(18-13(17)19-12(10)16)9-5-3-8(4-6-9)2-1-7-15/h3-6H,1-2H2,(H4,16,17,18,19). The first-order valence-corrected chi connectivity index (χ1v) is 5.66. The summed E-state index contributed by atoms with van der Waals surface area (Å²) in [6.07, 6.45) is 1.11. The number of nitrogens with two attached hydrogens (primary N) is 2. The van der Waals surface area contributed by atoms with Gasteiger partial charge in [-0.3, -0.25) is 0 Å². The topological polar surface area (TPSA) is 102 Å². The van der Waals surface area contributed by atoms with Crippen molar-refractivity contribution in [3.63, 3.8) is 0 Å². The second-order valence-corrected chi connectivity index (χ2v) is 3.98. The molecular formula is C13H12FN5. The lowest BCUT2D eigenvalue weighted by molar-refractivity contribution is 0.625. The normalized spacial score (nSPS) is 10.1. The first kappa shape index (κ1) is 12.8. The van der Waals surface area contributed by atoms with Crippen molar-refractivity contribution in [3.8, 4) is 17.3 Å². The van der Waals surface area contributed by atoms with Crippen molar-refractivity contribution < 1.29 is 4.39 Å². The molecule has 1 heterocycles. The van der Waals surface area contributed by atoms with Crippen molar-refractivity contribution in [3.05, 3.63) is 35.6 Å². The molecule has 1 aromatic carbocycles. The van der Waals surface area contributed by atoms with Crippen LogP contribution >= 0.6 is 0 Å². The van der Waals surface area contributed by atoms with Crippen molar-refractivity contribution >= 4 is 11.8 Å². The lowest BCUT2D eigenvalue weighted by Crippen LogP contribution is -2.05. The average Bonchev–Trinajstić information content (AvgIpc) is 2.41. The van der Waals surface area contributed by atoms with Gasteiger partial charge < -0.3 is 11.5 Å². The first-order valence-electron chi connectivity index (χ1n) is 5.66. The molecule has 0 unspecified atom stereocenters. The van der Waals surface area contributed by atoms with E-state index >= 15 is 0 Å². The minimum Gasteiger partial charge on any atom is -0.381 e. The highest BCUT2D eigenvalue weighted by Gasteiger charge is 2.12. The number of hydrogen-bond acceptors (Lipinski definition) is 5. The molecule has 96 valence electrons. The van der Waals surface area contributed by atoms with Crippen LogP contribution in [0.3, 0.4) is 0 Å². The summed E-state index contributed by atoms with van der Waals surface area (Å²) < 4.78 is 13.8. The third-order valence-corrected chi connectivity index (χ3v) is 2.65. The van der Waals surface area contributed by atoms with Crippen LogP contribution in [-0.2, 0) is 6.42 Å². The van der Waals surface area contributed by atoms with Crippen LogP contribution in [0.1, 0.15) is 12.0 Å². The minimum absolute atomic E-state index is 0.0672. The van der Waals surface area contributed by atoms with Crippen LogP contribution in [0.4, 0.5) is 16.2 Å². The summed E-state index contributed by atoms with van der Waals surface area (Å²) in [4.78, 5) is 7.41. The fraction of sp³-hybridized carbons (Fsp3) is 0.154. The average molecular weight is 257 g/mol. The molecule has 0 radical (unpaired) electrons. The number of nitrogen functional groups attached to an aromatic ring is 2. The van der Waals surface area contributed by atoms with Crippen molar-refractivity contribution in [2.45, 2.75) is 12.8 Å². The zero-order valence-electron chi connectivity index (χ0n) is 10.1. The van der Waals surface area contributed by atoms with E-state index < -0.39 is 5.82 Å². The van der Waals surface area contributed by atoms with Crippen molar-refractivity contribution in [2.75, 3.05) is 11.5 Å². The number of nitriles is 1. The Morgan fingerprint density at radius 1 is 1.16 bits per heavy atom. The molecule has 0 saturated carbocycles. The molecule has 0 aliphatic rings. The van der Waals surface area contributed by atoms with Crippen LogP contribution in [0, 0.1) is 17.1 Å². The van der Waals surface area contributed by atoms with Crippen molar-refractivity contribution in [1.29, 1.82) is 5.26 Å². The maximum Gasteiger partial charge on any atom is 0.222 e. The fourth-order valence-corrected chi connectivity index (χ4v) is 1.70. The number of hydrogen-bond donors (Lipinski definition) is 2. The summed E-state index contributed by atoms with van der Waals surface area (Å²) in [5.74, 6) is -1.02. The monoisotopic (exact) mass is 257 g/mol. The zero-order chi connectivity index (χ0) is 13.8. The molecule has 5 nitrogen and oxygen atoms in total. The Morgan fingerprint density at radius 3 is 2.47 bits per heavy atom. The summed E-state index contributed by atoms with van der Waals surface area (Å²) in [5, 5.41) is 8.51. The van der Waals surface area contributed by atoms with Gasteiger partial charge in [0.05, 0.1) is 6.07 Å². The van der Waals surface area contributed by atoms with Gasteiger partial charge in [0.15, 0.2) is 11.6 Å². The predicted octanol–water partition coefficient (Wildman–Crippen LogP) is 1.90. The molecule has 0 aliphatic carbocycles. The number of halogens is 1. The Labute approximate surface area is 109 Å². The van der Waals surface area contributed by atoms with E-state index in [1.165, 1.54) is 0 Å². The van der Waals surface area contributed by atoms with Crippen LogP contribution in [-0.4, -0.2) is 9.97 Å². The number of aromatic nitrogens is 2. The Kier molecular flexibility index (Phi) is 3.57. The second-order valence-electron chi connectivity index (χ2n) is 3.98. The second kappa shape index (κ2) is 5.31. The Morgan fingerprint density at radius 2 is 1.84 bits per heavy atom. The summed E-state index contributed by atoms with van der Waals surface area (Å²) in [6, 6.07) is 9.15. The summed E-state index contributed by atoms with van der Waals surface area (Å²) >= 11 is 0. The largest absolute Gasteiger partial charge is 0.381 e. The number of benzene rings is 1. The lowest BCUT2D eigenvalue weighted by atomic mass is 10.1. The van der Waals surface area contributed by atoms with Crippen LogP contribution in [0.5, 0.6) is 0 Å². The number of rotatable bonds is 3. The Hall–Kier alpha value is -2.68. The van der Waals surface area contributed by atoms with Gasteiger partial charge in [0, 0.05) is 12.0 Å². The van der Waals surface area contributed by atoms with Crippen LogP contribution in [0.15, 0.2) is 24.3 Å². The van der Waals surface area contributed by atoms with E-state index in [0.717, 1.165) is 5.56 Å². The molecule has 0 aliphatic heterocycles. The van der Waals surface area contributed by atoms with Crippen LogP contribution in [0.25, 0.3) is 11.3 Å². The Balaban J connectivity index is 2.35. The summed E-state index contributed by atoms with van der Waals surface area (Å²) in [7, 11) is 0. The third kappa shape index (κ3) is 2.77. The maximum atomic E-state index is 13.8. The minimum atomic E-state index is -0.682. The van der Waals surface area contributed by atoms with Gasteiger partial charge in [-0.05, 0) is 12.0 Å².